The Labute approximate surface area is 120 Å². The summed E-state index contributed by atoms with van der Waals surface area (Å²) in [4.78, 5) is 22.2. The Morgan fingerprint density at radius 3 is 2.68 bits per heavy atom. The molecule has 1 N–H and O–H groups in total. The number of halogens is 1. The van der Waals surface area contributed by atoms with E-state index < -0.39 is 0 Å². The van der Waals surface area contributed by atoms with E-state index in [9.17, 15) is 9.59 Å². The molecule has 0 aliphatic rings. The fourth-order valence-electron chi connectivity index (χ4n) is 1.44. The predicted molar refractivity (Wildman–Crippen MR) is 74.9 cm³/mol. The maximum atomic E-state index is 11.4. The van der Waals surface area contributed by atoms with Crippen LogP contribution in [0.15, 0.2) is 16.6 Å². The molecule has 6 heteroatoms. The van der Waals surface area contributed by atoms with Crippen LogP contribution in [0.1, 0.15) is 24.2 Å². The van der Waals surface area contributed by atoms with E-state index in [1.165, 1.54) is 0 Å². The lowest BCUT2D eigenvalue weighted by atomic mass is 10.2. The summed E-state index contributed by atoms with van der Waals surface area (Å²) >= 11 is 3.30. The average Bonchev–Trinajstić information content (AvgIpc) is 2.38. The van der Waals surface area contributed by atoms with Crippen molar-refractivity contribution < 1.29 is 19.1 Å². The summed E-state index contributed by atoms with van der Waals surface area (Å²) < 4.78 is 11.4. The van der Waals surface area contributed by atoms with Gasteiger partial charge >= 0.3 is 0 Å². The first-order valence-electron chi connectivity index (χ1n) is 5.93. The van der Waals surface area contributed by atoms with E-state index in [-0.39, 0.29) is 12.5 Å². The molecule has 0 fully saturated rings. The summed E-state index contributed by atoms with van der Waals surface area (Å²) in [7, 11) is 0. The molecule has 5 nitrogen and oxygen atoms in total. The molecular weight excluding hydrogens is 314 g/mol. The number of ether oxygens (including phenoxy) is 2. The Morgan fingerprint density at radius 1 is 1.37 bits per heavy atom. The molecule has 0 aliphatic carbocycles. The van der Waals surface area contributed by atoms with Gasteiger partial charge in [-0.3, -0.25) is 9.59 Å². The molecule has 0 atom stereocenters. The smallest absolute Gasteiger partial charge is 0.257 e. The van der Waals surface area contributed by atoms with Crippen molar-refractivity contribution in [3.05, 3.63) is 22.2 Å². The monoisotopic (exact) mass is 329 g/mol. The third-order valence-electron chi connectivity index (χ3n) is 2.19. The van der Waals surface area contributed by atoms with Gasteiger partial charge < -0.3 is 14.8 Å². The molecule has 0 aliphatic heterocycles. The quantitative estimate of drug-likeness (QED) is 0.779. The minimum absolute atomic E-state index is 0.104. The van der Waals surface area contributed by atoms with Gasteiger partial charge in [-0.1, -0.05) is 0 Å². The largest absolute Gasteiger partial charge is 0.490 e. The lowest BCUT2D eigenvalue weighted by Crippen LogP contribution is -2.28. The third kappa shape index (κ3) is 4.55. The van der Waals surface area contributed by atoms with Crippen LogP contribution < -0.4 is 14.8 Å². The van der Waals surface area contributed by atoms with Gasteiger partial charge in [0.05, 0.1) is 11.1 Å². The number of hydrogen-bond donors (Lipinski definition) is 1. The summed E-state index contributed by atoms with van der Waals surface area (Å²) in [5.74, 6) is 0.637. The molecule has 1 amide bonds. The first-order valence-corrected chi connectivity index (χ1v) is 6.72. The lowest BCUT2D eigenvalue weighted by molar-refractivity contribution is -0.123. The lowest BCUT2D eigenvalue weighted by Gasteiger charge is -2.14. The van der Waals surface area contributed by atoms with Gasteiger partial charge in [0.1, 0.15) is 6.29 Å². The standard InChI is InChI=1S/C13H16BrNO4/c1-3-15-12(17)8-19-13-10(14)5-9(7-16)6-11(13)18-4-2/h5-7H,3-4,8H2,1-2H3,(H,15,17). The number of aldehydes is 1. The number of benzene rings is 1. The molecule has 0 unspecified atom stereocenters. The second-order valence-electron chi connectivity index (χ2n) is 3.62. The zero-order valence-electron chi connectivity index (χ0n) is 10.9. The molecule has 1 aromatic carbocycles. The molecule has 0 heterocycles. The first kappa shape index (κ1) is 15.5. The minimum Gasteiger partial charge on any atom is -0.490 e. The van der Waals surface area contributed by atoms with Crippen LogP contribution >= 0.6 is 15.9 Å². The molecular formula is C13H16BrNO4. The Bertz CT molecular complexity index is 462. The summed E-state index contributed by atoms with van der Waals surface area (Å²) in [6.45, 7) is 4.54. The molecule has 0 saturated heterocycles. The molecule has 0 radical (unpaired) electrons. The van der Waals surface area contributed by atoms with E-state index in [1.807, 2.05) is 13.8 Å². The number of carbonyl (C=O) groups is 2. The zero-order valence-corrected chi connectivity index (χ0v) is 12.5. The fourth-order valence-corrected chi connectivity index (χ4v) is 2.02. The van der Waals surface area contributed by atoms with Crippen molar-refractivity contribution in [2.75, 3.05) is 19.8 Å². The summed E-state index contributed by atoms with van der Waals surface area (Å²) in [6, 6.07) is 3.19. The fraction of sp³-hybridized carbons (Fsp3) is 0.385. The van der Waals surface area contributed by atoms with Crippen LogP contribution in [0.4, 0.5) is 0 Å². The van der Waals surface area contributed by atoms with Crippen LogP contribution in [0.2, 0.25) is 0 Å². The van der Waals surface area contributed by atoms with Gasteiger partial charge in [-0.15, -0.1) is 0 Å². The Balaban J connectivity index is 2.91. The van der Waals surface area contributed by atoms with Gasteiger partial charge in [-0.25, -0.2) is 0 Å². The SMILES string of the molecule is CCNC(=O)COc1c(Br)cc(C=O)cc1OCC. The maximum absolute atomic E-state index is 11.4. The van der Waals surface area contributed by atoms with Gasteiger partial charge in [-0.2, -0.15) is 0 Å². The number of likely N-dealkylation sites (N-methyl/N-ethyl adjacent to an activating group) is 1. The van der Waals surface area contributed by atoms with Crippen molar-refractivity contribution in [2.45, 2.75) is 13.8 Å². The van der Waals surface area contributed by atoms with Crippen LogP contribution in [-0.4, -0.2) is 32.0 Å². The van der Waals surface area contributed by atoms with Crippen LogP contribution in [0, 0.1) is 0 Å². The number of amides is 1. The molecule has 104 valence electrons. The highest BCUT2D eigenvalue weighted by molar-refractivity contribution is 9.10. The summed E-state index contributed by atoms with van der Waals surface area (Å²) in [5, 5.41) is 2.63. The van der Waals surface area contributed by atoms with Crippen molar-refractivity contribution in [3.8, 4) is 11.5 Å². The first-order chi connectivity index (χ1) is 9.12. The molecule has 0 bridgehead atoms. The van der Waals surface area contributed by atoms with E-state index in [1.54, 1.807) is 12.1 Å². The van der Waals surface area contributed by atoms with Gasteiger partial charge in [0.2, 0.25) is 0 Å². The van der Waals surface area contributed by atoms with E-state index in [2.05, 4.69) is 21.2 Å². The van der Waals surface area contributed by atoms with Gasteiger partial charge in [-0.05, 0) is 41.9 Å². The highest BCUT2D eigenvalue weighted by atomic mass is 79.9. The molecule has 0 saturated carbocycles. The van der Waals surface area contributed by atoms with E-state index in [0.717, 1.165) is 6.29 Å². The summed E-state index contributed by atoms with van der Waals surface area (Å²) in [5.41, 5.74) is 0.473. The molecule has 0 spiro atoms. The van der Waals surface area contributed by atoms with E-state index in [0.29, 0.717) is 34.7 Å². The van der Waals surface area contributed by atoms with Crippen molar-refractivity contribution in [1.82, 2.24) is 5.32 Å². The maximum Gasteiger partial charge on any atom is 0.257 e. The van der Waals surface area contributed by atoms with Crippen LogP contribution in [0.5, 0.6) is 11.5 Å². The molecule has 1 rings (SSSR count). The topological polar surface area (TPSA) is 64.6 Å². The van der Waals surface area contributed by atoms with Crippen molar-refractivity contribution in [1.29, 1.82) is 0 Å². The second kappa shape index (κ2) is 7.78. The normalized spacial score (nSPS) is 9.84. The van der Waals surface area contributed by atoms with Gasteiger partial charge in [0.25, 0.3) is 5.91 Å². The molecule has 0 aromatic heterocycles. The minimum atomic E-state index is -0.212. The van der Waals surface area contributed by atoms with Crippen molar-refractivity contribution in [2.24, 2.45) is 0 Å². The highest BCUT2D eigenvalue weighted by Gasteiger charge is 2.13. The van der Waals surface area contributed by atoms with Crippen molar-refractivity contribution in [3.63, 3.8) is 0 Å². The van der Waals surface area contributed by atoms with Crippen LogP contribution in [-0.2, 0) is 4.79 Å². The van der Waals surface area contributed by atoms with E-state index in [4.69, 9.17) is 9.47 Å². The Morgan fingerprint density at radius 2 is 2.11 bits per heavy atom. The summed E-state index contributed by atoms with van der Waals surface area (Å²) in [6.07, 6.45) is 0.723. The number of carbonyl (C=O) groups excluding carboxylic acids is 2. The average molecular weight is 330 g/mol. The number of rotatable bonds is 7. The van der Waals surface area contributed by atoms with Crippen LogP contribution in [0.25, 0.3) is 0 Å². The number of hydrogen-bond acceptors (Lipinski definition) is 4. The molecule has 19 heavy (non-hydrogen) atoms. The van der Waals surface area contributed by atoms with Gasteiger partial charge in [0.15, 0.2) is 18.1 Å². The number of nitrogens with one attached hydrogen (secondary N) is 1. The van der Waals surface area contributed by atoms with Gasteiger partial charge in [0, 0.05) is 12.1 Å². The van der Waals surface area contributed by atoms with Crippen molar-refractivity contribution >= 4 is 28.1 Å². The zero-order chi connectivity index (χ0) is 14.3. The Hall–Kier alpha value is -1.56. The predicted octanol–water partition coefficient (Wildman–Crippen LogP) is 2.18. The highest BCUT2D eigenvalue weighted by Crippen LogP contribution is 2.36. The second-order valence-corrected chi connectivity index (χ2v) is 4.48. The molecule has 1 aromatic rings. The Kier molecular flexibility index (Phi) is 6.35. The third-order valence-corrected chi connectivity index (χ3v) is 2.78. The van der Waals surface area contributed by atoms with Crippen LogP contribution in [0.3, 0.4) is 0 Å². The van der Waals surface area contributed by atoms with E-state index >= 15 is 0 Å².